The van der Waals surface area contributed by atoms with Gasteiger partial charge in [0.1, 0.15) is 17.0 Å². The Balaban J connectivity index is 1.89. The normalized spacial score (nSPS) is 17.6. The summed E-state index contributed by atoms with van der Waals surface area (Å²) in [6.45, 7) is 4.39. The highest BCUT2D eigenvalue weighted by molar-refractivity contribution is 5.99. The van der Waals surface area contributed by atoms with Crippen LogP contribution in [0.5, 0.6) is 5.75 Å². The predicted molar refractivity (Wildman–Crippen MR) is 97.2 cm³/mol. The number of benzene rings is 1. The van der Waals surface area contributed by atoms with Gasteiger partial charge >= 0.3 is 5.97 Å². The standard InChI is InChI=1S/C18H20N4O4/c1-3-26-13-7-5-12(6-8-13)20-21-15-9-4-11(2)22-16(15)19-10-14(17(22)23)18(24)25/h5-8,10-11,20H,3-4,9H2,1-2H3,(H,24,25)/b21-15+. The summed E-state index contributed by atoms with van der Waals surface area (Å²) >= 11 is 0. The summed E-state index contributed by atoms with van der Waals surface area (Å²) in [7, 11) is 0. The minimum Gasteiger partial charge on any atom is -0.494 e. The zero-order valence-electron chi connectivity index (χ0n) is 14.6. The maximum Gasteiger partial charge on any atom is 0.342 e. The van der Waals surface area contributed by atoms with E-state index in [1.54, 1.807) is 0 Å². The third-order valence-corrected chi connectivity index (χ3v) is 4.21. The van der Waals surface area contributed by atoms with Crippen LogP contribution in [0.1, 0.15) is 48.9 Å². The predicted octanol–water partition coefficient (Wildman–Crippen LogP) is 2.51. The molecule has 0 aliphatic carbocycles. The number of hydrazone groups is 1. The van der Waals surface area contributed by atoms with Crippen LogP contribution in [0.3, 0.4) is 0 Å². The van der Waals surface area contributed by atoms with E-state index in [2.05, 4.69) is 15.5 Å². The van der Waals surface area contributed by atoms with Crippen molar-refractivity contribution >= 4 is 17.4 Å². The Kier molecular flexibility index (Phi) is 5.01. The summed E-state index contributed by atoms with van der Waals surface area (Å²) in [5.74, 6) is -0.101. The van der Waals surface area contributed by atoms with Gasteiger partial charge in [-0.3, -0.25) is 14.8 Å². The van der Waals surface area contributed by atoms with Crippen molar-refractivity contribution in [3.05, 3.63) is 52.2 Å². The smallest absolute Gasteiger partial charge is 0.342 e. The van der Waals surface area contributed by atoms with Crippen LogP contribution in [0.15, 0.2) is 40.4 Å². The number of anilines is 1. The number of carboxylic acids is 1. The third kappa shape index (κ3) is 3.44. The number of ether oxygens (including phenoxy) is 1. The highest BCUT2D eigenvalue weighted by Crippen LogP contribution is 2.22. The molecule has 3 rings (SSSR count). The Hall–Kier alpha value is -3.16. The van der Waals surface area contributed by atoms with E-state index in [0.29, 0.717) is 31.0 Å². The van der Waals surface area contributed by atoms with Crippen LogP contribution in [-0.2, 0) is 0 Å². The third-order valence-electron chi connectivity index (χ3n) is 4.21. The van der Waals surface area contributed by atoms with E-state index in [-0.39, 0.29) is 11.6 Å². The van der Waals surface area contributed by atoms with Crippen molar-refractivity contribution in [2.45, 2.75) is 32.7 Å². The van der Waals surface area contributed by atoms with Gasteiger partial charge in [0.2, 0.25) is 0 Å². The Morgan fingerprint density at radius 1 is 1.42 bits per heavy atom. The molecule has 1 aliphatic heterocycles. The lowest BCUT2D eigenvalue weighted by molar-refractivity contribution is 0.0693. The molecule has 0 radical (unpaired) electrons. The Labute approximate surface area is 150 Å². The highest BCUT2D eigenvalue weighted by atomic mass is 16.5. The Morgan fingerprint density at radius 3 is 2.81 bits per heavy atom. The van der Waals surface area contributed by atoms with Crippen molar-refractivity contribution in [1.82, 2.24) is 9.55 Å². The summed E-state index contributed by atoms with van der Waals surface area (Å²) in [6.07, 6.45) is 2.42. The molecular weight excluding hydrogens is 336 g/mol. The molecule has 0 bridgehead atoms. The molecule has 0 spiro atoms. The molecule has 2 N–H and O–H groups in total. The molecule has 26 heavy (non-hydrogen) atoms. The van der Waals surface area contributed by atoms with Crippen LogP contribution in [0.4, 0.5) is 5.69 Å². The van der Waals surface area contributed by atoms with Gasteiger partial charge in [0, 0.05) is 12.2 Å². The lowest BCUT2D eigenvalue weighted by Crippen LogP contribution is -2.37. The molecular formula is C18H20N4O4. The Bertz CT molecular complexity index is 902. The van der Waals surface area contributed by atoms with Crippen molar-refractivity contribution in [3.8, 4) is 5.75 Å². The first kappa shape index (κ1) is 17.7. The number of carboxylic acid groups (broad SMARTS) is 1. The van der Waals surface area contributed by atoms with Crippen molar-refractivity contribution in [2.24, 2.45) is 5.10 Å². The van der Waals surface area contributed by atoms with Crippen molar-refractivity contribution in [1.29, 1.82) is 0 Å². The number of rotatable bonds is 5. The van der Waals surface area contributed by atoms with Gasteiger partial charge in [0.05, 0.1) is 12.3 Å². The maximum atomic E-state index is 12.4. The zero-order chi connectivity index (χ0) is 18.7. The first-order valence-electron chi connectivity index (χ1n) is 8.42. The van der Waals surface area contributed by atoms with Crippen molar-refractivity contribution in [2.75, 3.05) is 12.0 Å². The summed E-state index contributed by atoms with van der Waals surface area (Å²) in [6, 6.07) is 7.23. The zero-order valence-corrected chi connectivity index (χ0v) is 14.6. The average molecular weight is 356 g/mol. The number of nitrogens with one attached hydrogen (secondary N) is 1. The highest BCUT2D eigenvalue weighted by Gasteiger charge is 2.26. The number of hydrogen-bond donors (Lipinski definition) is 2. The van der Waals surface area contributed by atoms with Gasteiger partial charge in [-0.25, -0.2) is 9.78 Å². The quantitative estimate of drug-likeness (QED) is 0.798. The second-order valence-corrected chi connectivity index (χ2v) is 5.99. The number of nitrogens with zero attached hydrogens (tertiary/aromatic N) is 3. The largest absolute Gasteiger partial charge is 0.494 e. The lowest BCUT2D eigenvalue weighted by atomic mass is 10.0. The summed E-state index contributed by atoms with van der Waals surface area (Å²) < 4.78 is 6.81. The monoisotopic (exact) mass is 356 g/mol. The molecule has 2 aromatic rings. The molecule has 0 saturated heterocycles. The number of carbonyl (C=O) groups is 1. The minimum absolute atomic E-state index is 0.131. The number of aromatic carboxylic acids is 1. The van der Waals surface area contributed by atoms with Gasteiger partial charge in [-0.15, -0.1) is 0 Å². The second kappa shape index (κ2) is 7.38. The maximum absolute atomic E-state index is 12.4. The fraction of sp³-hybridized carbons (Fsp3) is 0.333. The molecule has 0 saturated carbocycles. The fourth-order valence-corrected chi connectivity index (χ4v) is 2.86. The van der Waals surface area contributed by atoms with E-state index in [1.807, 2.05) is 38.1 Å². The number of aromatic nitrogens is 2. The summed E-state index contributed by atoms with van der Waals surface area (Å²) in [4.78, 5) is 27.8. The van der Waals surface area contributed by atoms with E-state index in [1.165, 1.54) is 4.57 Å². The van der Waals surface area contributed by atoms with Gasteiger partial charge in [0.25, 0.3) is 5.56 Å². The fourth-order valence-electron chi connectivity index (χ4n) is 2.86. The van der Waals surface area contributed by atoms with Gasteiger partial charge in [-0.05, 0) is 51.0 Å². The van der Waals surface area contributed by atoms with E-state index in [0.717, 1.165) is 17.6 Å². The summed E-state index contributed by atoms with van der Waals surface area (Å²) in [5, 5.41) is 13.5. The first-order valence-corrected chi connectivity index (χ1v) is 8.42. The first-order chi connectivity index (χ1) is 12.5. The summed E-state index contributed by atoms with van der Waals surface area (Å²) in [5.41, 5.74) is 3.46. The molecule has 1 aliphatic rings. The van der Waals surface area contributed by atoms with Crippen LogP contribution >= 0.6 is 0 Å². The molecule has 1 atom stereocenters. The van der Waals surface area contributed by atoms with Crippen LogP contribution in [0, 0.1) is 0 Å². The topological polar surface area (TPSA) is 106 Å². The minimum atomic E-state index is -1.28. The van der Waals surface area contributed by atoms with Crippen LogP contribution < -0.4 is 15.7 Å². The van der Waals surface area contributed by atoms with Crippen molar-refractivity contribution in [3.63, 3.8) is 0 Å². The molecule has 8 heteroatoms. The SMILES string of the molecule is CCOc1ccc(N/N=C2\CCC(C)n3c2ncc(C(=O)O)c3=O)cc1. The van der Waals surface area contributed by atoms with Gasteiger partial charge in [-0.2, -0.15) is 5.10 Å². The molecule has 2 heterocycles. The molecule has 1 aromatic heterocycles. The van der Waals surface area contributed by atoms with E-state index in [4.69, 9.17) is 9.84 Å². The number of fused-ring (bicyclic) bond motifs is 1. The molecule has 8 nitrogen and oxygen atoms in total. The average Bonchev–Trinajstić information content (AvgIpc) is 2.62. The van der Waals surface area contributed by atoms with E-state index < -0.39 is 11.5 Å². The van der Waals surface area contributed by atoms with Crippen LogP contribution in [0.2, 0.25) is 0 Å². The molecule has 0 amide bonds. The lowest BCUT2D eigenvalue weighted by Gasteiger charge is -2.25. The second-order valence-electron chi connectivity index (χ2n) is 5.99. The molecule has 136 valence electrons. The van der Waals surface area contributed by atoms with Crippen molar-refractivity contribution < 1.29 is 14.6 Å². The van der Waals surface area contributed by atoms with Gasteiger partial charge in [0.15, 0.2) is 5.82 Å². The van der Waals surface area contributed by atoms with E-state index >= 15 is 0 Å². The van der Waals surface area contributed by atoms with E-state index in [9.17, 15) is 9.59 Å². The molecule has 1 aromatic carbocycles. The number of hydrogen-bond acceptors (Lipinski definition) is 6. The Morgan fingerprint density at radius 2 is 2.15 bits per heavy atom. The van der Waals surface area contributed by atoms with Crippen LogP contribution in [-0.4, -0.2) is 32.9 Å². The molecule has 1 unspecified atom stereocenters. The van der Waals surface area contributed by atoms with Crippen LogP contribution in [0.25, 0.3) is 0 Å². The molecule has 0 fully saturated rings. The van der Waals surface area contributed by atoms with Gasteiger partial charge in [-0.1, -0.05) is 0 Å². The van der Waals surface area contributed by atoms with Gasteiger partial charge < -0.3 is 9.84 Å².